The number of piperidine rings is 1. The molecular formula is C24H37IN4O2. The van der Waals surface area contributed by atoms with E-state index in [1.54, 1.807) is 0 Å². The molecule has 1 unspecified atom stereocenters. The van der Waals surface area contributed by atoms with E-state index in [0.717, 1.165) is 71.2 Å². The summed E-state index contributed by atoms with van der Waals surface area (Å²) < 4.78 is 11.9. The van der Waals surface area contributed by atoms with Gasteiger partial charge in [0.2, 0.25) is 0 Å². The van der Waals surface area contributed by atoms with Gasteiger partial charge in [0.1, 0.15) is 0 Å². The van der Waals surface area contributed by atoms with Crippen LogP contribution in [0.3, 0.4) is 0 Å². The molecule has 3 aliphatic heterocycles. The van der Waals surface area contributed by atoms with Crippen molar-refractivity contribution in [1.82, 2.24) is 10.2 Å². The zero-order valence-corrected chi connectivity index (χ0v) is 21.0. The zero-order chi connectivity index (χ0) is 20.6. The van der Waals surface area contributed by atoms with Crippen LogP contribution in [0.25, 0.3) is 0 Å². The Kier molecular flexibility index (Phi) is 9.93. The lowest BCUT2D eigenvalue weighted by Gasteiger charge is -2.35. The first kappa shape index (κ1) is 24.3. The Balaban J connectivity index is 0.00000272. The maximum absolute atomic E-state index is 6.15. The molecule has 0 aromatic heterocycles. The molecule has 0 radical (unpaired) electrons. The largest absolute Gasteiger partial charge is 0.376 e. The minimum Gasteiger partial charge on any atom is -0.376 e. The number of hydrogen-bond donors (Lipinski definition) is 1. The summed E-state index contributed by atoms with van der Waals surface area (Å²) in [5.74, 6) is 0.983. The van der Waals surface area contributed by atoms with Crippen molar-refractivity contribution in [2.45, 2.75) is 50.9 Å². The van der Waals surface area contributed by atoms with Crippen molar-refractivity contribution in [1.29, 1.82) is 0 Å². The van der Waals surface area contributed by atoms with E-state index in [4.69, 9.17) is 9.47 Å². The fourth-order valence-electron chi connectivity index (χ4n) is 4.44. The topological polar surface area (TPSA) is 49.3 Å². The summed E-state index contributed by atoms with van der Waals surface area (Å²) in [6.45, 7) is 6.43. The molecule has 1 N–H and O–H groups in total. The number of aliphatic imine (C=N–C) groups is 1. The predicted octanol–water partition coefficient (Wildman–Crippen LogP) is 3.81. The first-order chi connectivity index (χ1) is 14.8. The minimum atomic E-state index is 0. The number of likely N-dealkylation sites (tertiary alicyclic amines) is 1. The summed E-state index contributed by atoms with van der Waals surface area (Å²) in [6, 6.07) is 8.85. The molecule has 2 fully saturated rings. The van der Waals surface area contributed by atoms with Gasteiger partial charge in [-0.2, -0.15) is 0 Å². The van der Waals surface area contributed by atoms with Crippen LogP contribution < -0.4 is 10.2 Å². The van der Waals surface area contributed by atoms with Crippen molar-refractivity contribution >= 4 is 35.6 Å². The van der Waals surface area contributed by atoms with Gasteiger partial charge < -0.3 is 24.6 Å². The zero-order valence-electron chi connectivity index (χ0n) is 18.7. The van der Waals surface area contributed by atoms with E-state index in [0.29, 0.717) is 12.2 Å². The first-order valence-electron chi connectivity index (χ1n) is 11.5. The average Bonchev–Trinajstić information content (AvgIpc) is 3.35. The molecule has 1 atom stereocenters. The Morgan fingerprint density at radius 2 is 1.84 bits per heavy atom. The number of hydrogen-bond acceptors (Lipinski definition) is 4. The number of guanidine groups is 1. The van der Waals surface area contributed by atoms with Gasteiger partial charge in [0, 0.05) is 52.1 Å². The molecule has 4 rings (SSSR count). The van der Waals surface area contributed by atoms with E-state index < -0.39 is 0 Å². The summed E-state index contributed by atoms with van der Waals surface area (Å²) in [5, 5.41) is 3.53. The van der Waals surface area contributed by atoms with Gasteiger partial charge in [-0.25, -0.2) is 0 Å². The normalized spacial score (nSPS) is 22.5. The smallest absolute Gasteiger partial charge is 0.193 e. The summed E-state index contributed by atoms with van der Waals surface area (Å²) in [6.07, 6.45) is 10.8. The van der Waals surface area contributed by atoms with Crippen LogP contribution in [-0.4, -0.2) is 69.5 Å². The molecule has 3 aliphatic rings. The van der Waals surface area contributed by atoms with E-state index in [1.165, 1.54) is 24.1 Å². The SMILES string of the molecule is CN=C(NCc1ccc(N2CC=CC2)cc1)N1CCC(OCC2CCCCO2)CC1.I. The molecule has 0 aliphatic carbocycles. The van der Waals surface area contributed by atoms with Gasteiger partial charge >= 0.3 is 0 Å². The first-order valence-corrected chi connectivity index (χ1v) is 11.5. The summed E-state index contributed by atoms with van der Waals surface area (Å²) in [5.41, 5.74) is 2.56. The maximum atomic E-state index is 6.15. The second-order valence-corrected chi connectivity index (χ2v) is 8.45. The van der Waals surface area contributed by atoms with Gasteiger partial charge in [0.25, 0.3) is 0 Å². The lowest BCUT2D eigenvalue weighted by atomic mass is 10.1. The van der Waals surface area contributed by atoms with Crippen LogP contribution in [0, 0.1) is 0 Å². The van der Waals surface area contributed by atoms with Crippen molar-refractivity contribution in [3.05, 3.63) is 42.0 Å². The number of nitrogens with zero attached hydrogens (tertiary/aromatic N) is 3. The van der Waals surface area contributed by atoms with E-state index in [1.807, 2.05) is 7.05 Å². The quantitative estimate of drug-likeness (QED) is 0.258. The van der Waals surface area contributed by atoms with E-state index in [-0.39, 0.29) is 24.0 Å². The molecule has 6 nitrogen and oxygen atoms in total. The van der Waals surface area contributed by atoms with E-state index >= 15 is 0 Å². The fourth-order valence-corrected chi connectivity index (χ4v) is 4.44. The lowest BCUT2D eigenvalue weighted by Crippen LogP contribution is -2.47. The van der Waals surface area contributed by atoms with Crippen molar-refractivity contribution in [3.8, 4) is 0 Å². The second-order valence-electron chi connectivity index (χ2n) is 8.45. The Hall–Kier alpha value is -1.32. The summed E-state index contributed by atoms with van der Waals surface area (Å²) in [7, 11) is 1.87. The fraction of sp³-hybridized carbons (Fsp3) is 0.625. The molecule has 172 valence electrons. The molecule has 7 heteroatoms. The highest BCUT2D eigenvalue weighted by atomic mass is 127. The standard InChI is InChI=1S/C24H36N4O2.HI/c1-25-24(26-18-20-7-9-21(10-8-20)27-13-3-4-14-27)28-15-11-22(12-16-28)30-19-23-6-2-5-17-29-23;/h3-4,7-10,22-23H,2,5-6,11-19H2,1H3,(H,25,26);1H. The number of benzene rings is 1. The molecule has 0 spiro atoms. The molecule has 0 bridgehead atoms. The lowest BCUT2D eigenvalue weighted by molar-refractivity contribution is -0.0721. The Morgan fingerprint density at radius 1 is 1.10 bits per heavy atom. The molecule has 31 heavy (non-hydrogen) atoms. The van der Waals surface area contributed by atoms with Crippen LogP contribution >= 0.6 is 24.0 Å². The van der Waals surface area contributed by atoms with Crippen molar-refractivity contribution in [2.24, 2.45) is 4.99 Å². The monoisotopic (exact) mass is 540 g/mol. The predicted molar refractivity (Wildman–Crippen MR) is 138 cm³/mol. The van der Waals surface area contributed by atoms with E-state index in [9.17, 15) is 0 Å². The highest BCUT2D eigenvalue weighted by molar-refractivity contribution is 14.0. The highest BCUT2D eigenvalue weighted by Crippen LogP contribution is 2.19. The maximum Gasteiger partial charge on any atom is 0.193 e. The summed E-state index contributed by atoms with van der Waals surface area (Å²) in [4.78, 5) is 9.22. The molecule has 0 amide bonds. The average molecular weight is 540 g/mol. The van der Waals surface area contributed by atoms with Gasteiger partial charge in [-0.3, -0.25) is 4.99 Å². The van der Waals surface area contributed by atoms with Gasteiger partial charge in [-0.05, 0) is 49.8 Å². The summed E-state index contributed by atoms with van der Waals surface area (Å²) >= 11 is 0. The van der Waals surface area contributed by atoms with E-state index in [2.05, 4.69) is 56.5 Å². The van der Waals surface area contributed by atoms with Crippen molar-refractivity contribution in [2.75, 3.05) is 51.3 Å². The third-order valence-electron chi connectivity index (χ3n) is 6.32. The van der Waals surface area contributed by atoms with Crippen LogP contribution in [0.4, 0.5) is 5.69 Å². The van der Waals surface area contributed by atoms with Crippen LogP contribution in [0.5, 0.6) is 0 Å². The van der Waals surface area contributed by atoms with Crippen LogP contribution in [-0.2, 0) is 16.0 Å². The number of halogens is 1. The van der Waals surface area contributed by atoms with Crippen LogP contribution in [0.2, 0.25) is 0 Å². The minimum absolute atomic E-state index is 0. The van der Waals surface area contributed by atoms with Gasteiger partial charge in [0.05, 0.1) is 18.8 Å². The molecule has 3 heterocycles. The van der Waals surface area contributed by atoms with Crippen LogP contribution in [0.15, 0.2) is 41.4 Å². The molecule has 1 aromatic carbocycles. The third-order valence-corrected chi connectivity index (χ3v) is 6.32. The van der Waals surface area contributed by atoms with Crippen molar-refractivity contribution in [3.63, 3.8) is 0 Å². The molecule has 1 aromatic rings. The molecule has 0 saturated carbocycles. The molecule has 2 saturated heterocycles. The number of anilines is 1. The Labute approximate surface area is 204 Å². The third kappa shape index (κ3) is 7.08. The number of ether oxygens (including phenoxy) is 2. The number of rotatable bonds is 6. The van der Waals surface area contributed by atoms with Gasteiger partial charge in [0.15, 0.2) is 5.96 Å². The second kappa shape index (κ2) is 12.6. The van der Waals surface area contributed by atoms with Gasteiger partial charge in [-0.1, -0.05) is 24.3 Å². The molecular weight excluding hydrogens is 503 g/mol. The van der Waals surface area contributed by atoms with Gasteiger partial charge in [-0.15, -0.1) is 24.0 Å². The Bertz CT molecular complexity index is 703. The highest BCUT2D eigenvalue weighted by Gasteiger charge is 2.23. The number of nitrogens with one attached hydrogen (secondary N) is 1. The van der Waals surface area contributed by atoms with Crippen molar-refractivity contribution < 1.29 is 9.47 Å². The van der Waals surface area contributed by atoms with Crippen LogP contribution in [0.1, 0.15) is 37.7 Å². The Morgan fingerprint density at radius 3 is 2.48 bits per heavy atom.